The first-order chi connectivity index (χ1) is 10.6. The van der Waals surface area contributed by atoms with E-state index in [0.717, 1.165) is 5.56 Å². The maximum atomic E-state index is 11.7. The summed E-state index contributed by atoms with van der Waals surface area (Å²) in [5, 5.41) is 12.5. The number of rotatable bonds is 6. The molecule has 0 aliphatic carbocycles. The number of nitrogens with zero attached hydrogens (tertiary/aromatic N) is 2. The molecule has 0 atom stereocenters. The average Bonchev–Trinajstić information content (AvgIpc) is 2.84. The molecule has 0 radical (unpaired) electrons. The summed E-state index contributed by atoms with van der Waals surface area (Å²) in [6.07, 6.45) is 0.137. The molecule has 0 amide bonds. The second-order valence-corrected chi connectivity index (χ2v) is 4.68. The summed E-state index contributed by atoms with van der Waals surface area (Å²) in [6.45, 7) is 3.95. The number of aryl methyl sites for hydroxylation is 2. The smallest absolute Gasteiger partial charge is 0.310 e. The molecule has 6 nitrogen and oxygen atoms in total. The zero-order valence-corrected chi connectivity index (χ0v) is 12.5. The third-order valence-electron chi connectivity index (χ3n) is 3.10. The maximum absolute atomic E-state index is 11.7. The number of aromatic nitrogens is 1. The highest BCUT2D eigenvalue weighted by Crippen LogP contribution is 2.14. The molecule has 2 rings (SSSR count). The SMILES string of the molecule is Cc1noc(C)c1CC(=O)OCCOc1ccc(C#N)cc1. The molecule has 22 heavy (non-hydrogen) atoms. The number of benzene rings is 1. The number of nitriles is 1. The number of esters is 1. The molecule has 2 aromatic rings. The van der Waals surface area contributed by atoms with Gasteiger partial charge in [-0.05, 0) is 38.1 Å². The van der Waals surface area contributed by atoms with Crippen LogP contribution in [0, 0.1) is 25.2 Å². The summed E-state index contributed by atoms with van der Waals surface area (Å²) < 4.78 is 15.5. The molecule has 6 heteroatoms. The van der Waals surface area contributed by atoms with Gasteiger partial charge in [0, 0.05) is 5.56 Å². The fraction of sp³-hybridized carbons (Fsp3) is 0.312. The van der Waals surface area contributed by atoms with E-state index in [1.807, 2.05) is 6.07 Å². The van der Waals surface area contributed by atoms with Crippen molar-refractivity contribution in [3.63, 3.8) is 0 Å². The molecule has 1 aromatic heterocycles. The van der Waals surface area contributed by atoms with Gasteiger partial charge in [0.25, 0.3) is 0 Å². The van der Waals surface area contributed by atoms with Gasteiger partial charge >= 0.3 is 5.97 Å². The summed E-state index contributed by atoms with van der Waals surface area (Å²) in [5.74, 6) is 0.905. The molecule has 114 valence electrons. The van der Waals surface area contributed by atoms with Crippen LogP contribution in [0.15, 0.2) is 28.8 Å². The van der Waals surface area contributed by atoms with Crippen LogP contribution in [0.4, 0.5) is 0 Å². The summed E-state index contributed by atoms with van der Waals surface area (Å²) >= 11 is 0. The van der Waals surface area contributed by atoms with Crippen molar-refractivity contribution in [2.45, 2.75) is 20.3 Å². The Labute approximate surface area is 128 Å². The Bertz CT molecular complexity index is 664. The summed E-state index contributed by atoms with van der Waals surface area (Å²) in [6, 6.07) is 8.76. The highest BCUT2D eigenvalue weighted by Gasteiger charge is 2.14. The van der Waals surface area contributed by atoms with Crippen molar-refractivity contribution in [3.05, 3.63) is 46.8 Å². The molecule has 0 N–H and O–H groups in total. The summed E-state index contributed by atoms with van der Waals surface area (Å²) in [5.41, 5.74) is 2.03. The van der Waals surface area contributed by atoms with Gasteiger partial charge < -0.3 is 14.0 Å². The van der Waals surface area contributed by atoms with Gasteiger partial charge in [0.05, 0.1) is 23.7 Å². The molecule has 0 aliphatic rings. The van der Waals surface area contributed by atoms with Crippen molar-refractivity contribution in [2.24, 2.45) is 0 Å². The van der Waals surface area contributed by atoms with Crippen LogP contribution in [0.5, 0.6) is 5.75 Å². The fourth-order valence-corrected chi connectivity index (χ4v) is 1.89. The molecule has 1 heterocycles. The number of ether oxygens (including phenoxy) is 2. The predicted molar refractivity (Wildman–Crippen MR) is 77.3 cm³/mol. The van der Waals surface area contributed by atoms with Gasteiger partial charge in [-0.3, -0.25) is 4.79 Å². The van der Waals surface area contributed by atoms with Crippen LogP contribution in [0.25, 0.3) is 0 Å². The Kier molecular flexibility index (Phi) is 5.15. The molecule has 0 aliphatic heterocycles. The number of hydrogen-bond acceptors (Lipinski definition) is 6. The molecule has 0 fully saturated rings. The van der Waals surface area contributed by atoms with E-state index >= 15 is 0 Å². The quantitative estimate of drug-likeness (QED) is 0.601. The third-order valence-corrected chi connectivity index (χ3v) is 3.10. The molecule has 0 bridgehead atoms. The van der Waals surface area contributed by atoms with Crippen molar-refractivity contribution >= 4 is 5.97 Å². The summed E-state index contributed by atoms with van der Waals surface area (Å²) in [7, 11) is 0. The van der Waals surface area contributed by atoms with Gasteiger partial charge in [-0.2, -0.15) is 5.26 Å². The normalized spacial score (nSPS) is 10.0. The first-order valence-corrected chi connectivity index (χ1v) is 6.80. The molecule has 0 unspecified atom stereocenters. The van der Waals surface area contributed by atoms with Crippen LogP contribution in [0.2, 0.25) is 0 Å². The minimum Gasteiger partial charge on any atom is -0.490 e. The Morgan fingerprint density at radius 3 is 2.59 bits per heavy atom. The lowest BCUT2D eigenvalue weighted by atomic mass is 10.1. The maximum Gasteiger partial charge on any atom is 0.310 e. The summed E-state index contributed by atoms with van der Waals surface area (Å²) in [4.78, 5) is 11.7. The van der Waals surface area contributed by atoms with Gasteiger partial charge in [0.1, 0.15) is 24.7 Å². The van der Waals surface area contributed by atoms with E-state index in [2.05, 4.69) is 5.16 Å². The van der Waals surface area contributed by atoms with Gasteiger partial charge in [0.2, 0.25) is 0 Å². The fourth-order valence-electron chi connectivity index (χ4n) is 1.89. The van der Waals surface area contributed by atoms with Crippen molar-refractivity contribution in [2.75, 3.05) is 13.2 Å². The Morgan fingerprint density at radius 1 is 1.27 bits per heavy atom. The van der Waals surface area contributed by atoms with Crippen LogP contribution in [0.1, 0.15) is 22.6 Å². The average molecular weight is 300 g/mol. The van der Waals surface area contributed by atoms with Crippen molar-refractivity contribution in [1.29, 1.82) is 5.26 Å². The first kappa shape index (κ1) is 15.6. The molecule has 0 saturated carbocycles. The van der Waals surface area contributed by atoms with E-state index in [0.29, 0.717) is 22.8 Å². The van der Waals surface area contributed by atoms with E-state index in [-0.39, 0.29) is 25.6 Å². The lowest BCUT2D eigenvalue weighted by Crippen LogP contribution is -2.14. The second kappa shape index (κ2) is 7.27. The van der Waals surface area contributed by atoms with Gasteiger partial charge in [-0.25, -0.2) is 0 Å². The number of carbonyl (C=O) groups excluding carboxylic acids is 1. The van der Waals surface area contributed by atoms with Crippen LogP contribution in [0.3, 0.4) is 0 Å². The van der Waals surface area contributed by atoms with E-state index in [9.17, 15) is 4.79 Å². The Morgan fingerprint density at radius 2 is 2.00 bits per heavy atom. The minimum absolute atomic E-state index is 0.137. The van der Waals surface area contributed by atoms with Gasteiger partial charge in [-0.1, -0.05) is 5.16 Å². The van der Waals surface area contributed by atoms with E-state index in [4.69, 9.17) is 19.3 Å². The topological polar surface area (TPSA) is 85.3 Å². The highest BCUT2D eigenvalue weighted by atomic mass is 16.6. The van der Waals surface area contributed by atoms with Crippen molar-refractivity contribution in [1.82, 2.24) is 5.16 Å². The number of hydrogen-bond donors (Lipinski definition) is 0. The van der Waals surface area contributed by atoms with Crippen LogP contribution >= 0.6 is 0 Å². The number of carbonyl (C=O) groups is 1. The second-order valence-electron chi connectivity index (χ2n) is 4.68. The van der Waals surface area contributed by atoms with Crippen molar-refractivity contribution < 1.29 is 18.8 Å². The first-order valence-electron chi connectivity index (χ1n) is 6.80. The standard InChI is InChI=1S/C16H16N2O4/c1-11-15(12(2)22-18-11)9-16(19)21-8-7-20-14-5-3-13(10-17)4-6-14/h3-6H,7-9H2,1-2H3. The zero-order chi connectivity index (χ0) is 15.9. The zero-order valence-electron chi connectivity index (χ0n) is 12.5. The highest BCUT2D eigenvalue weighted by molar-refractivity contribution is 5.73. The van der Waals surface area contributed by atoms with Crippen LogP contribution < -0.4 is 4.74 Å². The van der Waals surface area contributed by atoms with E-state index in [1.54, 1.807) is 38.1 Å². The van der Waals surface area contributed by atoms with Gasteiger partial charge in [0.15, 0.2) is 0 Å². The monoisotopic (exact) mass is 300 g/mol. The third kappa shape index (κ3) is 4.09. The lowest BCUT2D eigenvalue weighted by molar-refractivity contribution is -0.143. The van der Waals surface area contributed by atoms with Crippen LogP contribution in [-0.4, -0.2) is 24.3 Å². The Balaban J connectivity index is 1.72. The van der Waals surface area contributed by atoms with E-state index in [1.165, 1.54) is 0 Å². The molecular weight excluding hydrogens is 284 g/mol. The molecule has 0 saturated heterocycles. The molecule has 0 spiro atoms. The van der Waals surface area contributed by atoms with E-state index < -0.39 is 0 Å². The van der Waals surface area contributed by atoms with Gasteiger partial charge in [-0.15, -0.1) is 0 Å². The molecule has 1 aromatic carbocycles. The molecular formula is C16H16N2O4. The van der Waals surface area contributed by atoms with Crippen molar-refractivity contribution in [3.8, 4) is 11.8 Å². The minimum atomic E-state index is -0.349. The largest absolute Gasteiger partial charge is 0.490 e. The predicted octanol–water partition coefficient (Wildman–Crippen LogP) is 2.33. The van der Waals surface area contributed by atoms with Crippen LogP contribution in [-0.2, 0) is 16.0 Å². The Hall–Kier alpha value is -2.81. The lowest BCUT2D eigenvalue weighted by Gasteiger charge is -2.07.